The highest BCUT2D eigenvalue weighted by atomic mass is 32.1. The molecule has 0 radical (unpaired) electrons. The fourth-order valence-corrected chi connectivity index (χ4v) is 6.26. The van der Waals surface area contributed by atoms with Crippen LogP contribution >= 0.6 is 34.0 Å². The van der Waals surface area contributed by atoms with Crippen LogP contribution in [0.3, 0.4) is 0 Å². The van der Waals surface area contributed by atoms with E-state index in [2.05, 4.69) is 17.1 Å². The van der Waals surface area contributed by atoms with Gasteiger partial charge in [-0.25, -0.2) is 9.97 Å². The first-order valence-corrected chi connectivity index (χ1v) is 11.5. The number of likely N-dealkylation sites (tertiary alicyclic amines) is 1. The Hall–Kier alpha value is -2.09. The fourth-order valence-electron chi connectivity index (χ4n) is 3.51. The van der Waals surface area contributed by atoms with Gasteiger partial charge in [-0.3, -0.25) is 4.79 Å². The molecule has 0 spiro atoms. The van der Waals surface area contributed by atoms with Crippen LogP contribution in [0.25, 0.3) is 20.1 Å². The predicted octanol–water partition coefficient (Wildman–Crippen LogP) is 5.39. The Morgan fingerprint density at radius 3 is 2.93 bits per heavy atom. The van der Waals surface area contributed by atoms with E-state index in [-0.39, 0.29) is 11.9 Å². The summed E-state index contributed by atoms with van der Waals surface area (Å²) in [6, 6.07) is 12.4. The largest absolute Gasteiger partial charge is 0.333 e. The number of thiophene rings is 1. The van der Waals surface area contributed by atoms with E-state index in [0.29, 0.717) is 6.42 Å². The molecule has 5 rings (SSSR count). The molecule has 1 atom stereocenters. The van der Waals surface area contributed by atoms with Gasteiger partial charge in [-0.1, -0.05) is 18.2 Å². The van der Waals surface area contributed by atoms with E-state index in [4.69, 9.17) is 4.98 Å². The molecule has 1 aliphatic heterocycles. The molecule has 4 nitrogen and oxygen atoms in total. The Balaban J connectivity index is 1.34. The van der Waals surface area contributed by atoms with Crippen molar-refractivity contribution in [3.8, 4) is 9.88 Å². The van der Waals surface area contributed by atoms with Gasteiger partial charge >= 0.3 is 0 Å². The van der Waals surface area contributed by atoms with Gasteiger partial charge in [0.1, 0.15) is 10.0 Å². The molecular formula is C20H17N3OS3. The fraction of sp³-hybridized carbons (Fsp3) is 0.250. The van der Waals surface area contributed by atoms with Crippen LogP contribution in [0, 0.1) is 0 Å². The van der Waals surface area contributed by atoms with Gasteiger partial charge in [-0.05, 0) is 36.4 Å². The number of amides is 1. The van der Waals surface area contributed by atoms with Gasteiger partial charge in [0.25, 0.3) is 0 Å². The minimum absolute atomic E-state index is 0.102. The lowest BCUT2D eigenvalue weighted by molar-refractivity contribution is -0.131. The number of thiazole rings is 2. The molecule has 0 N–H and O–H groups in total. The number of aromatic nitrogens is 2. The van der Waals surface area contributed by atoms with Crippen molar-refractivity contribution >= 4 is 50.1 Å². The lowest BCUT2D eigenvalue weighted by Crippen LogP contribution is -2.31. The minimum atomic E-state index is 0.102. The van der Waals surface area contributed by atoms with E-state index in [0.717, 1.165) is 45.5 Å². The smallest absolute Gasteiger partial charge is 0.229 e. The number of para-hydroxylation sites is 1. The van der Waals surface area contributed by atoms with E-state index in [9.17, 15) is 4.79 Å². The molecule has 3 aromatic heterocycles. The Morgan fingerprint density at radius 2 is 2.07 bits per heavy atom. The zero-order valence-corrected chi connectivity index (χ0v) is 16.9. The second-order valence-electron chi connectivity index (χ2n) is 6.56. The van der Waals surface area contributed by atoms with Gasteiger partial charge in [-0.15, -0.1) is 34.0 Å². The van der Waals surface area contributed by atoms with Gasteiger partial charge < -0.3 is 4.90 Å². The first kappa shape index (κ1) is 17.0. The first-order valence-electron chi connectivity index (χ1n) is 8.91. The summed E-state index contributed by atoms with van der Waals surface area (Å²) < 4.78 is 1.19. The molecule has 1 amide bonds. The molecule has 0 bridgehead atoms. The molecule has 4 heterocycles. The Labute approximate surface area is 169 Å². The van der Waals surface area contributed by atoms with Crippen LogP contribution in [-0.4, -0.2) is 27.3 Å². The van der Waals surface area contributed by atoms with Crippen LogP contribution in [0.1, 0.15) is 29.6 Å². The lowest BCUT2D eigenvalue weighted by atomic mass is 10.2. The number of fused-ring (bicyclic) bond motifs is 1. The maximum Gasteiger partial charge on any atom is 0.229 e. The summed E-state index contributed by atoms with van der Waals surface area (Å²) in [5, 5.41) is 6.11. The molecule has 7 heteroatoms. The van der Waals surface area contributed by atoms with Crippen molar-refractivity contribution < 1.29 is 4.79 Å². The van der Waals surface area contributed by atoms with E-state index >= 15 is 0 Å². The third-order valence-electron chi connectivity index (χ3n) is 4.78. The van der Waals surface area contributed by atoms with E-state index in [1.165, 1.54) is 4.70 Å². The van der Waals surface area contributed by atoms with Crippen LogP contribution in [-0.2, 0) is 11.2 Å². The topological polar surface area (TPSA) is 46.1 Å². The highest BCUT2D eigenvalue weighted by molar-refractivity contribution is 7.20. The highest BCUT2D eigenvalue weighted by Gasteiger charge is 2.32. The van der Waals surface area contributed by atoms with Gasteiger partial charge in [-0.2, -0.15) is 0 Å². The average Bonchev–Trinajstić information content (AvgIpc) is 3.47. The van der Waals surface area contributed by atoms with E-state index < -0.39 is 0 Å². The maximum absolute atomic E-state index is 13.0. The Morgan fingerprint density at radius 1 is 1.15 bits per heavy atom. The summed E-state index contributed by atoms with van der Waals surface area (Å²) in [7, 11) is 0. The maximum atomic E-state index is 13.0. The first-order chi connectivity index (χ1) is 13.3. The summed E-state index contributed by atoms with van der Waals surface area (Å²) in [4.78, 5) is 25.6. The van der Waals surface area contributed by atoms with Crippen LogP contribution in [0.5, 0.6) is 0 Å². The standard InChI is InChI=1S/C20H17N3OS3/c24-18(11-13-12-26-20(21-13)17-8-4-10-25-17)23-9-3-6-15(23)19-22-14-5-1-2-7-16(14)27-19/h1-2,4-5,7-8,10,12,15H,3,6,9,11H2. The zero-order valence-electron chi connectivity index (χ0n) is 14.5. The van der Waals surface area contributed by atoms with Crippen molar-refractivity contribution in [2.75, 3.05) is 6.54 Å². The molecule has 136 valence electrons. The Kier molecular flexibility index (Phi) is 4.51. The van der Waals surface area contributed by atoms with Crippen molar-refractivity contribution in [1.29, 1.82) is 0 Å². The molecule has 4 aromatic rings. The van der Waals surface area contributed by atoms with Gasteiger partial charge in [0.15, 0.2) is 0 Å². The van der Waals surface area contributed by atoms with Crippen molar-refractivity contribution in [3.05, 3.63) is 57.9 Å². The third-order valence-corrected chi connectivity index (χ3v) is 7.85. The summed E-state index contributed by atoms with van der Waals surface area (Å²) in [6.07, 6.45) is 2.39. The zero-order chi connectivity index (χ0) is 18.2. The lowest BCUT2D eigenvalue weighted by Gasteiger charge is -2.22. The quantitative estimate of drug-likeness (QED) is 0.452. The van der Waals surface area contributed by atoms with Crippen molar-refractivity contribution in [3.63, 3.8) is 0 Å². The monoisotopic (exact) mass is 411 g/mol. The van der Waals surface area contributed by atoms with Crippen molar-refractivity contribution in [2.24, 2.45) is 0 Å². The summed E-state index contributed by atoms with van der Waals surface area (Å²) >= 11 is 5.00. The Bertz CT molecular complexity index is 1050. The molecule has 0 aliphatic carbocycles. The molecule has 27 heavy (non-hydrogen) atoms. The van der Waals surface area contributed by atoms with Crippen LogP contribution in [0.2, 0.25) is 0 Å². The van der Waals surface area contributed by atoms with Crippen LogP contribution in [0.4, 0.5) is 0 Å². The number of carbonyl (C=O) groups is 1. The van der Waals surface area contributed by atoms with Crippen LogP contribution in [0.15, 0.2) is 47.2 Å². The summed E-state index contributed by atoms with van der Waals surface area (Å²) in [5.74, 6) is 0.153. The number of hydrogen-bond acceptors (Lipinski definition) is 6. The minimum Gasteiger partial charge on any atom is -0.333 e. The number of carbonyl (C=O) groups excluding carboxylic acids is 1. The second-order valence-corrected chi connectivity index (χ2v) is 9.43. The summed E-state index contributed by atoms with van der Waals surface area (Å²) in [5.41, 5.74) is 1.89. The second kappa shape index (κ2) is 7.14. The molecule has 1 unspecified atom stereocenters. The predicted molar refractivity (Wildman–Crippen MR) is 112 cm³/mol. The molecule has 1 saturated heterocycles. The van der Waals surface area contributed by atoms with Gasteiger partial charge in [0.2, 0.25) is 5.91 Å². The van der Waals surface area contributed by atoms with Crippen LogP contribution < -0.4 is 0 Å². The van der Waals surface area contributed by atoms with Crippen molar-refractivity contribution in [2.45, 2.75) is 25.3 Å². The number of hydrogen-bond donors (Lipinski definition) is 0. The van der Waals surface area contributed by atoms with Gasteiger partial charge in [0.05, 0.1) is 33.3 Å². The molecular weight excluding hydrogens is 394 g/mol. The van der Waals surface area contributed by atoms with E-state index in [1.807, 2.05) is 39.9 Å². The summed E-state index contributed by atoms with van der Waals surface area (Å²) in [6.45, 7) is 0.807. The molecule has 1 fully saturated rings. The number of rotatable bonds is 4. The third kappa shape index (κ3) is 3.31. The number of benzene rings is 1. The van der Waals surface area contributed by atoms with E-state index in [1.54, 1.807) is 34.0 Å². The van der Waals surface area contributed by atoms with Gasteiger partial charge in [0, 0.05) is 11.9 Å². The number of nitrogens with zero attached hydrogens (tertiary/aromatic N) is 3. The van der Waals surface area contributed by atoms with Crippen molar-refractivity contribution in [1.82, 2.24) is 14.9 Å². The SMILES string of the molecule is O=C(Cc1csc(-c2cccs2)n1)N1CCCC1c1nc2ccccc2s1. The normalized spacial score (nSPS) is 17.0. The molecule has 1 aromatic carbocycles. The highest BCUT2D eigenvalue weighted by Crippen LogP contribution is 2.37. The molecule has 0 saturated carbocycles. The molecule has 1 aliphatic rings. The average molecular weight is 412 g/mol.